The normalized spacial score (nSPS) is 13.6. The first-order valence-electron chi connectivity index (χ1n) is 6.23. The van der Waals surface area contributed by atoms with Crippen LogP contribution in [0.4, 0.5) is 5.69 Å². The van der Waals surface area contributed by atoms with Crippen molar-refractivity contribution in [3.8, 4) is 0 Å². The molecule has 2 atom stereocenters. The maximum Gasteiger partial charge on any atom is 0.274 e. The van der Waals surface area contributed by atoms with Crippen molar-refractivity contribution >= 4 is 11.6 Å². The first-order valence-corrected chi connectivity index (χ1v) is 6.23. The Bertz CT molecular complexity index is 462. The molecule has 1 amide bonds. The van der Waals surface area contributed by atoms with E-state index >= 15 is 0 Å². The summed E-state index contributed by atoms with van der Waals surface area (Å²) in [5, 5.41) is 13.5. The highest BCUT2D eigenvalue weighted by Crippen LogP contribution is 2.17. The van der Waals surface area contributed by atoms with Crippen molar-refractivity contribution in [1.29, 1.82) is 0 Å². The highest BCUT2D eigenvalue weighted by atomic mass is 16.6. The van der Waals surface area contributed by atoms with Gasteiger partial charge in [-0.25, -0.2) is 0 Å². The largest absolute Gasteiger partial charge is 0.350 e. The predicted octanol–water partition coefficient (Wildman–Crippen LogP) is 1.58. The summed E-state index contributed by atoms with van der Waals surface area (Å²) in [6, 6.07) is 5.73. The van der Waals surface area contributed by atoms with Crippen LogP contribution in [0.5, 0.6) is 0 Å². The van der Waals surface area contributed by atoms with Crippen LogP contribution < -0.4 is 11.1 Å². The highest BCUT2D eigenvalue weighted by molar-refractivity contribution is 5.81. The number of carbonyl (C=O) groups excluding carboxylic acids is 1. The zero-order valence-corrected chi connectivity index (χ0v) is 11.1. The van der Waals surface area contributed by atoms with Gasteiger partial charge in [-0.2, -0.15) is 0 Å². The molecule has 0 radical (unpaired) electrons. The Morgan fingerprint density at radius 2 is 2.11 bits per heavy atom. The van der Waals surface area contributed by atoms with Gasteiger partial charge in [0.15, 0.2) is 0 Å². The number of nitrogens with one attached hydrogen (secondary N) is 1. The number of amides is 1. The van der Waals surface area contributed by atoms with Gasteiger partial charge >= 0.3 is 0 Å². The van der Waals surface area contributed by atoms with E-state index in [2.05, 4.69) is 5.32 Å². The molecule has 6 nitrogen and oxygen atoms in total. The molecular weight excluding hydrogens is 246 g/mol. The molecule has 0 fully saturated rings. The second kappa shape index (κ2) is 6.84. The van der Waals surface area contributed by atoms with E-state index in [1.807, 2.05) is 13.8 Å². The Morgan fingerprint density at radius 3 is 2.68 bits per heavy atom. The number of benzene rings is 1. The van der Waals surface area contributed by atoms with Crippen LogP contribution in [0.2, 0.25) is 0 Å². The minimum Gasteiger partial charge on any atom is -0.350 e. The quantitative estimate of drug-likeness (QED) is 0.602. The lowest BCUT2D eigenvalue weighted by atomic mass is 9.99. The summed E-state index contributed by atoms with van der Waals surface area (Å²) in [6.45, 7) is 3.97. The van der Waals surface area contributed by atoms with E-state index in [1.54, 1.807) is 18.2 Å². The van der Waals surface area contributed by atoms with Crippen LogP contribution in [0.25, 0.3) is 0 Å². The number of nitro benzene ring substituents is 1. The summed E-state index contributed by atoms with van der Waals surface area (Å²) in [5.41, 5.74) is 6.26. The highest BCUT2D eigenvalue weighted by Gasteiger charge is 2.20. The van der Waals surface area contributed by atoms with Crippen LogP contribution in [0, 0.1) is 16.0 Å². The molecule has 0 saturated carbocycles. The van der Waals surface area contributed by atoms with Crippen LogP contribution in [-0.4, -0.2) is 16.9 Å². The zero-order chi connectivity index (χ0) is 14.4. The minimum atomic E-state index is -0.590. The average molecular weight is 265 g/mol. The van der Waals surface area contributed by atoms with Gasteiger partial charge in [-0.15, -0.1) is 0 Å². The van der Waals surface area contributed by atoms with E-state index in [0.29, 0.717) is 5.56 Å². The second-order valence-corrected chi connectivity index (χ2v) is 4.51. The summed E-state index contributed by atoms with van der Waals surface area (Å²) in [6.07, 6.45) is 0.806. The van der Waals surface area contributed by atoms with E-state index in [4.69, 9.17) is 5.73 Å². The van der Waals surface area contributed by atoms with E-state index < -0.39 is 11.0 Å². The monoisotopic (exact) mass is 265 g/mol. The third-order valence-electron chi connectivity index (χ3n) is 3.20. The van der Waals surface area contributed by atoms with Gasteiger partial charge in [-0.3, -0.25) is 14.9 Å². The van der Waals surface area contributed by atoms with Crippen molar-refractivity contribution in [2.75, 3.05) is 0 Å². The molecule has 0 aromatic heterocycles. The summed E-state index contributed by atoms with van der Waals surface area (Å²) in [5.74, 6) is -0.210. The Hall–Kier alpha value is -1.95. The fourth-order valence-corrected chi connectivity index (χ4v) is 1.65. The molecule has 104 valence electrons. The molecule has 0 aliphatic heterocycles. The van der Waals surface area contributed by atoms with Gasteiger partial charge in [0, 0.05) is 18.2 Å². The Balaban J connectivity index is 2.67. The fraction of sp³-hybridized carbons (Fsp3) is 0.462. The van der Waals surface area contributed by atoms with Gasteiger partial charge in [-0.1, -0.05) is 38.5 Å². The number of hydrogen-bond acceptors (Lipinski definition) is 4. The van der Waals surface area contributed by atoms with Crippen LogP contribution >= 0.6 is 0 Å². The third-order valence-corrected chi connectivity index (χ3v) is 3.20. The van der Waals surface area contributed by atoms with Crippen LogP contribution in [-0.2, 0) is 11.3 Å². The van der Waals surface area contributed by atoms with E-state index in [-0.39, 0.29) is 24.1 Å². The minimum absolute atomic E-state index is 0.0000820. The van der Waals surface area contributed by atoms with Crippen molar-refractivity contribution in [1.82, 2.24) is 5.32 Å². The van der Waals surface area contributed by atoms with Gasteiger partial charge in [0.05, 0.1) is 11.0 Å². The molecule has 0 heterocycles. The molecule has 6 heteroatoms. The molecule has 0 bridgehead atoms. The SMILES string of the molecule is CCC(C)[C@H](N)C(=O)NCc1ccccc1[N+](=O)[O-]. The van der Waals surface area contributed by atoms with Crippen molar-refractivity contribution in [2.45, 2.75) is 32.9 Å². The zero-order valence-electron chi connectivity index (χ0n) is 11.1. The molecule has 0 aliphatic carbocycles. The summed E-state index contributed by atoms with van der Waals surface area (Å²) in [4.78, 5) is 22.2. The Kier molecular flexibility index (Phi) is 5.44. The summed E-state index contributed by atoms with van der Waals surface area (Å²) >= 11 is 0. The molecule has 1 rings (SSSR count). The number of carbonyl (C=O) groups is 1. The van der Waals surface area contributed by atoms with Gasteiger partial charge in [0.2, 0.25) is 5.91 Å². The average Bonchev–Trinajstić information content (AvgIpc) is 2.43. The number of rotatable bonds is 6. The van der Waals surface area contributed by atoms with Gasteiger partial charge in [-0.05, 0) is 5.92 Å². The Morgan fingerprint density at radius 1 is 1.47 bits per heavy atom. The number of hydrogen-bond donors (Lipinski definition) is 2. The molecule has 3 N–H and O–H groups in total. The lowest BCUT2D eigenvalue weighted by Gasteiger charge is -2.17. The predicted molar refractivity (Wildman–Crippen MR) is 72.4 cm³/mol. The van der Waals surface area contributed by atoms with Crippen molar-refractivity contribution in [3.05, 3.63) is 39.9 Å². The van der Waals surface area contributed by atoms with Crippen molar-refractivity contribution < 1.29 is 9.72 Å². The van der Waals surface area contributed by atoms with Crippen molar-refractivity contribution in [3.63, 3.8) is 0 Å². The maximum absolute atomic E-state index is 11.8. The molecular formula is C13H19N3O3. The molecule has 0 saturated heterocycles. The van der Waals surface area contributed by atoms with E-state index in [1.165, 1.54) is 6.07 Å². The van der Waals surface area contributed by atoms with Crippen LogP contribution in [0.15, 0.2) is 24.3 Å². The lowest BCUT2D eigenvalue weighted by molar-refractivity contribution is -0.385. The van der Waals surface area contributed by atoms with Crippen LogP contribution in [0.3, 0.4) is 0 Å². The molecule has 0 spiro atoms. The van der Waals surface area contributed by atoms with E-state index in [0.717, 1.165) is 6.42 Å². The van der Waals surface area contributed by atoms with Crippen LogP contribution in [0.1, 0.15) is 25.8 Å². The topological polar surface area (TPSA) is 98.3 Å². The standard InChI is InChI=1S/C13H19N3O3/c1-3-9(2)12(14)13(17)15-8-10-6-4-5-7-11(10)16(18)19/h4-7,9,12H,3,8,14H2,1-2H3,(H,15,17)/t9?,12-/m0/s1. The molecule has 0 aliphatic rings. The van der Waals surface area contributed by atoms with E-state index in [9.17, 15) is 14.9 Å². The van der Waals surface area contributed by atoms with Gasteiger partial charge < -0.3 is 11.1 Å². The van der Waals surface area contributed by atoms with Gasteiger partial charge in [0.1, 0.15) is 0 Å². The molecule has 19 heavy (non-hydrogen) atoms. The number of para-hydroxylation sites is 1. The third kappa shape index (κ3) is 4.03. The molecule has 1 unspecified atom stereocenters. The maximum atomic E-state index is 11.8. The van der Waals surface area contributed by atoms with Crippen molar-refractivity contribution in [2.24, 2.45) is 11.7 Å². The fourth-order valence-electron chi connectivity index (χ4n) is 1.65. The number of nitro groups is 1. The Labute approximate surface area is 112 Å². The smallest absolute Gasteiger partial charge is 0.274 e. The molecule has 1 aromatic rings. The number of nitrogens with two attached hydrogens (primary N) is 1. The summed E-state index contributed by atoms with van der Waals surface area (Å²) in [7, 11) is 0. The second-order valence-electron chi connectivity index (χ2n) is 4.51. The lowest BCUT2D eigenvalue weighted by Crippen LogP contribution is -2.44. The van der Waals surface area contributed by atoms with Gasteiger partial charge in [0.25, 0.3) is 5.69 Å². The number of nitrogens with zero attached hydrogens (tertiary/aromatic N) is 1. The molecule has 1 aromatic carbocycles. The summed E-state index contributed by atoms with van der Waals surface area (Å²) < 4.78 is 0. The first kappa shape index (κ1) is 15.1. The first-order chi connectivity index (χ1) is 8.97.